The molecule has 0 fully saturated rings. The second-order valence-corrected chi connectivity index (χ2v) is 5.26. The average Bonchev–Trinajstić information content (AvgIpc) is 2.82. The molecule has 0 aliphatic heterocycles. The molecule has 0 bridgehead atoms. The van der Waals surface area contributed by atoms with Crippen molar-refractivity contribution in [3.05, 3.63) is 30.1 Å². The number of unbranched alkanes of at least 4 members (excludes halogenated alkanes) is 3. The number of hydrogen-bond donors (Lipinski definition) is 2. The first-order chi connectivity index (χ1) is 10.2. The summed E-state index contributed by atoms with van der Waals surface area (Å²) in [6.45, 7) is 3.59. The van der Waals surface area contributed by atoms with E-state index in [1.165, 1.54) is 19.3 Å². The zero-order valence-electron chi connectivity index (χ0n) is 13.4. The molecule has 0 saturated heterocycles. The normalized spacial score (nSPS) is 11.5. The van der Waals surface area contributed by atoms with Gasteiger partial charge in [0.25, 0.3) is 0 Å². The summed E-state index contributed by atoms with van der Waals surface area (Å²) in [6.07, 6.45) is 4.90. The molecule has 1 aromatic heterocycles. The maximum absolute atomic E-state index is 5.88. The lowest BCUT2D eigenvalue weighted by Crippen LogP contribution is -2.32. The molecule has 1 heterocycles. The molecule has 22 heavy (non-hydrogen) atoms. The number of rotatable bonds is 7. The van der Waals surface area contributed by atoms with Gasteiger partial charge in [-0.25, -0.2) is 9.98 Å². The fourth-order valence-corrected chi connectivity index (χ4v) is 2.32. The number of benzene rings is 1. The molecule has 0 saturated carbocycles. The Labute approximate surface area is 149 Å². The first-order valence-corrected chi connectivity index (χ1v) is 7.66. The Morgan fingerprint density at radius 1 is 1.27 bits per heavy atom. The molecule has 0 atom stereocenters. The van der Waals surface area contributed by atoms with Crippen molar-refractivity contribution >= 4 is 41.0 Å². The largest absolute Gasteiger partial charge is 0.370 e. The van der Waals surface area contributed by atoms with Gasteiger partial charge in [0, 0.05) is 13.6 Å². The highest BCUT2D eigenvalue weighted by atomic mass is 127. The Morgan fingerprint density at radius 2 is 2.05 bits per heavy atom. The van der Waals surface area contributed by atoms with Crippen molar-refractivity contribution in [1.82, 2.24) is 14.9 Å². The third-order valence-electron chi connectivity index (χ3n) is 3.61. The van der Waals surface area contributed by atoms with Crippen LogP contribution in [0.2, 0.25) is 0 Å². The van der Waals surface area contributed by atoms with Crippen molar-refractivity contribution < 1.29 is 0 Å². The minimum Gasteiger partial charge on any atom is -0.370 e. The van der Waals surface area contributed by atoms with Crippen LogP contribution in [-0.4, -0.2) is 22.1 Å². The van der Waals surface area contributed by atoms with Gasteiger partial charge < -0.3 is 15.6 Å². The summed E-state index contributed by atoms with van der Waals surface area (Å²) in [7, 11) is 2.01. The molecule has 3 N–H and O–H groups in total. The Hall–Kier alpha value is -1.31. The van der Waals surface area contributed by atoms with Gasteiger partial charge in [0.15, 0.2) is 5.96 Å². The quantitative estimate of drug-likeness (QED) is 0.316. The third-order valence-corrected chi connectivity index (χ3v) is 3.61. The van der Waals surface area contributed by atoms with E-state index in [9.17, 15) is 0 Å². The number of guanidine groups is 1. The first kappa shape index (κ1) is 18.7. The van der Waals surface area contributed by atoms with Gasteiger partial charge in [0.2, 0.25) is 0 Å². The van der Waals surface area contributed by atoms with Crippen molar-refractivity contribution in [2.75, 3.05) is 6.54 Å². The van der Waals surface area contributed by atoms with Gasteiger partial charge in [0.1, 0.15) is 12.4 Å². The van der Waals surface area contributed by atoms with Gasteiger partial charge >= 0.3 is 0 Å². The van der Waals surface area contributed by atoms with Gasteiger partial charge in [0.05, 0.1) is 11.0 Å². The van der Waals surface area contributed by atoms with Gasteiger partial charge in [-0.1, -0.05) is 38.3 Å². The van der Waals surface area contributed by atoms with Crippen molar-refractivity contribution in [3.63, 3.8) is 0 Å². The van der Waals surface area contributed by atoms with Crippen LogP contribution in [0, 0.1) is 0 Å². The Kier molecular flexibility index (Phi) is 8.22. The van der Waals surface area contributed by atoms with E-state index in [0.717, 1.165) is 29.8 Å². The van der Waals surface area contributed by atoms with E-state index in [-0.39, 0.29) is 24.0 Å². The SMILES string of the molecule is CCCCCCNC(N)=NCc1nc2ccccc2n1C.I. The van der Waals surface area contributed by atoms with Crippen molar-refractivity contribution in [1.29, 1.82) is 0 Å². The maximum atomic E-state index is 5.88. The monoisotopic (exact) mass is 415 g/mol. The van der Waals surface area contributed by atoms with Crippen molar-refractivity contribution in [3.8, 4) is 0 Å². The summed E-state index contributed by atoms with van der Waals surface area (Å²) in [5, 5.41) is 3.16. The number of imidazole rings is 1. The summed E-state index contributed by atoms with van der Waals surface area (Å²) in [5.41, 5.74) is 8.00. The lowest BCUT2D eigenvalue weighted by Gasteiger charge is -2.05. The van der Waals surface area contributed by atoms with E-state index >= 15 is 0 Å². The number of aryl methyl sites for hydroxylation is 1. The van der Waals surface area contributed by atoms with Crippen LogP contribution in [0.15, 0.2) is 29.3 Å². The number of aromatic nitrogens is 2. The van der Waals surface area contributed by atoms with Crippen molar-refractivity contribution in [2.24, 2.45) is 17.8 Å². The fraction of sp³-hybridized carbons (Fsp3) is 0.500. The van der Waals surface area contributed by atoms with Crippen LogP contribution >= 0.6 is 24.0 Å². The van der Waals surface area contributed by atoms with E-state index in [4.69, 9.17) is 5.73 Å². The highest BCUT2D eigenvalue weighted by molar-refractivity contribution is 14.0. The molecule has 1 aromatic carbocycles. The second kappa shape index (κ2) is 9.66. The molecule has 5 nitrogen and oxygen atoms in total. The molecule has 2 rings (SSSR count). The minimum atomic E-state index is 0. The van der Waals surface area contributed by atoms with Crippen LogP contribution in [0.3, 0.4) is 0 Å². The zero-order chi connectivity index (χ0) is 15.1. The van der Waals surface area contributed by atoms with Crippen LogP contribution in [0.5, 0.6) is 0 Å². The molecular weight excluding hydrogens is 389 g/mol. The number of fused-ring (bicyclic) bond motifs is 1. The number of para-hydroxylation sites is 2. The van der Waals surface area contributed by atoms with E-state index in [0.29, 0.717) is 12.5 Å². The fourth-order valence-electron chi connectivity index (χ4n) is 2.32. The molecule has 122 valence electrons. The molecular formula is C16H26IN5. The highest BCUT2D eigenvalue weighted by Gasteiger charge is 2.06. The van der Waals surface area contributed by atoms with E-state index in [1.807, 2.05) is 25.2 Å². The Morgan fingerprint density at radius 3 is 2.77 bits per heavy atom. The zero-order valence-corrected chi connectivity index (χ0v) is 15.7. The van der Waals surface area contributed by atoms with Gasteiger partial charge in [-0.15, -0.1) is 24.0 Å². The summed E-state index contributed by atoms with van der Waals surface area (Å²) >= 11 is 0. The predicted octanol–water partition coefficient (Wildman–Crippen LogP) is 3.18. The van der Waals surface area contributed by atoms with Gasteiger partial charge in [-0.3, -0.25) is 0 Å². The molecule has 0 amide bonds. The number of halogens is 1. The number of nitrogens with two attached hydrogens (primary N) is 1. The Bertz CT molecular complexity index is 606. The molecule has 6 heteroatoms. The standard InChI is InChI=1S/C16H25N5.HI/c1-3-4-5-8-11-18-16(17)19-12-15-20-13-9-6-7-10-14(13)21(15)2;/h6-7,9-10H,3-5,8,11-12H2,1-2H3,(H3,17,18,19);1H. The summed E-state index contributed by atoms with van der Waals surface area (Å²) in [4.78, 5) is 8.95. The number of hydrogen-bond acceptors (Lipinski definition) is 2. The lowest BCUT2D eigenvalue weighted by molar-refractivity contribution is 0.651. The van der Waals surface area contributed by atoms with Crippen LogP contribution in [-0.2, 0) is 13.6 Å². The maximum Gasteiger partial charge on any atom is 0.189 e. The number of nitrogens with one attached hydrogen (secondary N) is 1. The molecule has 0 aliphatic carbocycles. The van der Waals surface area contributed by atoms with Gasteiger partial charge in [-0.05, 0) is 18.6 Å². The smallest absolute Gasteiger partial charge is 0.189 e. The van der Waals surface area contributed by atoms with E-state index < -0.39 is 0 Å². The molecule has 0 unspecified atom stereocenters. The molecule has 0 aliphatic rings. The van der Waals surface area contributed by atoms with Crippen LogP contribution in [0.4, 0.5) is 0 Å². The second-order valence-electron chi connectivity index (χ2n) is 5.26. The lowest BCUT2D eigenvalue weighted by atomic mass is 10.2. The van der Waals surface area contributed by atoms with E-state index in [2.05, 4.69) is 32.9 Å². The number of nitrogens with zero attached hydrogens (tertiary/aromatic N) is 3. The predicted molar refractivity (Wildman–Crippen MR) is 104 cm³/mol. The summed E-state index contributed by atoms with van der Waals surface area (Å²) < 4.78 is 2.06. The van der Waals surface area contributed by atoms with Crippen molar-refractivity contribution in [2.45, 2.75) is 39.2 Å². The molecule has 0 radical (unpaired) electrons. The van der Waals surface area contributed by atoms with Crippen LogP contribution < -0.4 is 11.1 Å². The summed E-state index contributed by atoms with van der Waals surface area (Å²) in [6, 6.07) is 8.08. The highest BCUT2D eigenvalue weighted by Crippen LogP contribution is 2.14. The Balaban J connectivity index is 0.00000242. The van der Waals surface area contributed by atoms with E-state index in [1.54, 1.807) is 0 Å². The third kappa shape index (κ3) is 5.15. The molecule has 2 aromatic rings. The first-order valence-electron chi connectivity index (χ1n) is 7.66. The minimum absolute atomic E-state index is 0. The molecule has 0 spiro atoms. The average molecular weight is 415 g/mol. The van der Waals surface area contributed by atoms with Gasteiger partial charge in [-0.2, -0.15) is 0 Å². The number of aliphatic imine (C=N–C) groups is 1. The van der Waals surface area contributed by atoms with Crippen LogP contribution in [0.25, 0.3) is 11.0 Å². The van der Waals surface area contributed by atoms with Crippen LogP contribution in [0.1, 0.15) is 38.4 Å². The topological polar surface area (TPSA) is 68.2 Å². The summed E-state index contributed by atoms with van der Waals surface area (Å²) in [5.74, 6) is 1.42.